The molecule has 0 unspecified atom stereocenters. The van der Waals surface area contributed by atoms with Crippen molar-refractivity contribution < 1.29 is 8.81 Å². The van der Waals surface area contributed by atoms with Gasteiger partial charge in [0.25, 0.3) is 0 Å². The summed E-state index contributed by atoms with van der Waals surface area (Å²) in [6, 6.07) is 7.12. The summed E-state index contributed by atoms with van der Waals surface area (Å²) < 4.78 is 19.6. The summed E-state index contributed by atoms with van der Waals surface area (Å²) >= 11 is 0. The van der Waals surface area contributed by atoms with Crippen molar-refractivity contribution in [2.75, 3.05) is 26.2 Å². The molecule has 2 heterocycles. The normalized spacial score (nSPS) is 18.2. The summed E-state index contributed by atoms with van der Waals surface area (Å²) in [4.78, 5) is 4.63. The van der Waals surface area contributed by atoms with Crippen molar-refractivity contribution in [3.05, 3.63) is 47.4 Å². The number of piperazine rings is 1. The van der Waals surface area contributed by atoms with E-state index in [0.29, 0.717) is 18.3 Å². The second-order valence-electron chi connectivity index (χ2n) is 6.70. The summed E-state index contributed by atoms with van der Waals surface area (Å²) in [6.07, 6.45) is 0. The molecule has 24 heavy (non-hydrogen) atoms. The van der Waals surface area contributed by atoms with E-state index in [1.165, 1.54) is 6.07 Å². The summed E-state index contributed by atoms with van der Waals surface area (Å²) in [5, 5.41) is 8.20. The Morgan fingerprint density at radius 1 is 1.08 bits per heavy atom. The van der Waals surface area contributed by atoms with Crippen molar-refractivity contribution in [3.8, 4) is 0 Å². The first-order valence-corrected chi connectivity index (χ1v) is 8.57. The van der Waals surface area contributed by atoms with Crippen LogP contribution in [-0.2, 0) is 6.54 Å². The van der Waals surface area contributed by atoms with E-state index >= 15 is 0 Å². The molecule has 1 fully saturated rings. The highest BCUT2D eigenvalue weighted by atomic mass is 19.1. The maximum Gasteiger partial charge on any atom is 0.230 e. The van der Waals surface area contributed by atoms with Crippen molar-refractivity contribution in [1.29, 1.82) is 0 Å². The second-order valence-corrected chi connectivity index (χ2v) is 6.70. The fourth-order valence-electron chi connectivity index (χ4n) is 3.07. The molecule has 3 rings (SSSR count). The summed E-state index contributed by atoms with van der Waals surface area (Å²) in [7, 11) is 0. The lowest BCUT2D eigenvalue weighted by Gasteiger charge is -2.37. The molecule has 0 N–H and O–H groups in total. The Bertz CT molecular complexity index is 665. The van der Waals surface area contributed by atoms with Crippen molar-refractivity contribution in [2.45, 2.75) is 39.3 Å². The molecule has 130 valence electrons. The molecule has 6 heteroatoms. The van der Waals surface area contributed by atoms with Crippen molar-refractivity contribution in [2.24, 2.45) is 0 Å². The van der Waals surface area contributed by atoms with Gasteiger partial charge in [0.1, 0.15) is 5.82 Å². The minimum atomic E-state index is -0.125. The van der Waals surface area contributed by atoms with Gasteiger partial charge >= 0.3 is 0 Å². The number of nitrogens with zero attached hydrogens (tertiary/aromatic N) is 4. The van der Waals surface area contributed by atoms with Crippen molar-refractivity contribution in [1.82, 2.24) is 20.0 Å². The second kappa shape index (κ2) is 7.40. The van der Waals surface area contributed by atoms with Crippen molar-refractivity contribution in [3.63, 3.8) is 0 Å². The Kier molecular flexibility index (Phi) is 5.26. The van der Waals surface area contributed by atoms with Crippen LogP contribution >= 0.6 is 0 Å². The van der Waals surface area contributed by atoms with Crippen LogP contribution in [0.5, 0.6) is 0 Å². The average molecular weight is 332 g/mol. The third-order valence-corrected chi connectivity index (χ3v) is 4.65. The first kappa shape index (κ1) is 17.0. The highest BCUT2D eigenvalue weighted by Gasteiger charge is 2.24. The van der Waals surface area contributed by atoms with Gasteiger partial charge in [0.2, 0.25) is 11.8 Å². The number of benzene rings is 1. The largest absolute Gasteiger partial charge is 0.424 e. The fraction of sp³-hybridized carbons (Fsp3) is 0.556. The van der Waals surface area contributed by atoms with Crippen LogP contribution in [0.2, 0.25) is 0 Å². The van der Waals surface area contributed by atoms with Gasteiger partial charge in [-0.2, -0.15) is 0 Å². The van der Waals surface area contributed by atoms with Crippen LogP contribution in [-0.4, -0.2) is 46.2 Å². The van der Waals surface area contributed by atoms with E-state index in [2.05, 4.69) is 26.9 Å². The van der Waals surface area contributed by atoms with E-state index in [9.17, 15) is 4.39 Å². The van der Waals surface area contributed by atoms with E-state index < -0.39 is 0 Å². The van der Waals surface area contributed by atoms with E-state index in [-0.39, 0.29) is 17.8 Å². The maximum absolute atomic E-state index is 14.0. The summed E-state index contributed by atoms with van der Waals surface area (Å²) in [5.41, 5.74) is 0.768. The van der Waals surface area contributed by atoms with Gasteiger partial charge in [-0.1, -0.05) is 32.0 Å². The Morgan fingerprint density at radius 2 is 1.79 bits per heavy atom. The summed E-state index contributed by atoms with van der Waals surface area (Å²) in [5.74, 6) is 1.50. The van der Waals surface area contributed by atoms with Crippen LogP contribution < -0.4 is 0 Å². The van der Waals surface area contributed by atoms with Gasteiger partial charge in [0, 0.05) is 43.7 Å². The van der Waals surface area contributed by atoms with Crippen LogP contribution in [0.3, 0.4) is 0 Å². The van der Waals surface area contributed by atoms with Gasteiger partial charge < -0.3 is 4.42 Å². The predicted molar refractivity (Wildman–Crippen MR) is 90.1 cm³/mol. The molecular weight excluding hydrogens is 307 g/mol. The lowest BCUT2D eigenvalue weighted by atomic mass is 10.1. The van der Waals surface area contributed by atoms with Gasteiger partial charge in [-0.3, -0.25) is 9.80 Å². The van der Waals surface area contributed by atoms with E-state index in [0.717, 1.165) is 31.7 Å². The predicted octanol–water partition coefficient (Wildman–Crippen LogP) is 3.21. The Morgan fingerprint density at radius 3 is 2.42 bits per heavy atom. The van der Waals surface area contributed by atoms with Gasteiger partial charge in [0.05, 0.1) is 6.54 Å². The Labute approximate surface area is 142 Å². The molecule has 1 aliphatic rings. The minimum Gasteiger partial charge on any atom is -0.424 e. The number of hydrogen-bond acceptors (Lipinski definition) is 5. The maximum atomic E-state index is 14.0. The minimum absolute atomic E-state index is 0.0873. The molecule has 5 nitrogen and oxygen atoms in total. The molecular formula is C18H25FN4O. The van der Waals surface area contributed by atoms with Crippen molar-refractivity contribution >= 4 is 0 Å². The molecule has 0 amide bonds. The van der Waals surface area contributed by atoms with Gasteiger partial charge in [0.15, 0.2) is 0 Å². The molecule has 1 aromatic heterocycles. The smallest absolute Gasteiger partial charge is 0.230 e. The van der Waals surface area contributed by atoms with Crippen LogP contribution in [0.25, 0.3) is 0 Å². The van der Waals surface area contributed by atoms with E-state index in [1.54, 1.807) is 6.07 Å². The molecule has 0 saturated carbocycles. The zero-order chi connectivity index (χ0) is 17.1. The zero-order valence-electron chi connectivity index (χ0n) is 14.6. The third kappa shape index (κ3) is 3.82. The van der Waals surface area contributed by atoms with Crippen LogP contribution in [0.4, 0.5) is 4.39 Å². The van der Waals surface area contributed by atoms with Gasteiger partial charge in [-0.25, -0.2) is 4.39 Å². The van der Waals surface area contributed by atoms with Gasteiger partial charge in [-0.05, 0) is 13.0 Å². The first-order valence-electron chi connectivity index (χ1n) is 8.57. The van der Waals surface area contributed by atoms with Crippen LogP contribution in [0.1, 0.15) is 50.1 Å². The van der Waals surface area contributed by atoms with Crippen LogP contribution in [0.15, 0.2) is 28.7 Å². The van der Waals surface area contributed by atoms with Crippen LogP contribution in [0, 0.1) is 5.82 Å². The molecule has 0 bridgehead atoms. The fourth-order valence-corrected chi connectivity index (χ4v) is 3.07. The zero-order valence-corrected chi connectivity index (χ0v) is 14.6. The molecule has 1 aliphatic heterocycles. The topological polar surface area (TPSA) is 45.4 Å². The lowest BCUT2D eigenvalue weighted by Crippen LogP contribution is -2.46. The van der Waals surface area contributed by atoms with E-state index in [4.69, 9.17) is 4.42 Å². The average Bonchev–Trinajstić information content (AvgIpc) is 3.04. The molecule has 1 aromatic carbocycles. The number of halogens is 1. The molecule has 1 saturated heterocycles. The Hall–Kier alpha value is -1.79. The number of hydrogen-bond donors (Lipinski definition) is 0. The Balaban J connectivity index is 1.54. The SMILES string of the molecule is CC(C)c1nnc(CN2CCN([C@H](C)c3ccccc3F)CC2)o1. The third-order valence-electron chi connectivity index (χ3n) is 4.65. The number of aromatic nitrogens is 2. The van der Waals surface area contributed by atoms with E-state index in [1.807, 2.05) is 26.0 Å². The molecule has 0 radical (unpaired) electrons. The number of rotatable bonds is 5. The first-order chi connectivity index (χ1) is 11.5. The highest BCUT2D eigenvalue weighted by Crippen LogP contribution is 2.24. The molecule has 0 spiro atoms. The monoisotopic (exact) mass is 332 g/mol. The van der Waals surface area contributed by atoms with Gasteiger partial charge in [-0.15, -0.1) is 10.2 Å². The molecule has 1 atom stereocenters. The molecule has 0 aliphatic carbocycles. The quantitative estimate of drug-likeness (QED) is 0.841. The molecule has 2 aromatic rings. The lowest BCUT2D eigenvalue weighted by molar-refractivity contribution is 0.0905. The summed E-state index contributed by atoms with van der Waals surface area (Å²) in [6.45, 7) is 10.5. The standard InChI is InChI=1S/C18H25FN4O/c1-13(2)18-21-20-17(24-18)12-22-8-10-23(11-9-22)14(3)15-6-4-5-7-16(15)19/h4-7,13-14H,8-12H2,1-3H3/t14-/m1/s1. The highest BCUT2D eigenvalue weighted by molar-refractivity contribution is 5.20.